The number of alkyl halides is 1. The molecule has 3 heteroatoms. The van der Waals surface area contributed by atoms with Crippen LogP contribution < -0.4 is 5.32 Å². The van der Waals surface area contributed by atoms with Gasteiger partial charge in [-0.3, -0.25) is 0 Å². The van der Waals surface area contributed by atoms with Gasteiger partial charge in [0, 0.05) is 19.0 Å². The van der Waals surface area contributed by atoms with E-state index in [1.807, 2.05) is 12.2 Å². The molecule has 70 valence electrons. The molecule has 2 N–H and O–H groups in total. The Morgan fingerprint density at radius 3 is 2.83 bits per heavy atom. The first kappa shape index (κ1) is 10.0. The summed E-state index contributed by atoms with van der Waals surface area (Å²) in [6.07, 6.45) is 6.13. The summed E-state index contributed by atoms with van der Waals surface area (Å²) < 4.78 is 0. The van der Waals surface area contributed by atoms with E-state index in [0.29, 0.717) is 18.3 Å². The predicted octanol–water partition coefficient (Wildman–Crippen LogP) is 1.14. The van der Waals surface area contributed by atoms with Crippen LogP contribution in [-0.4, -0.2) is 30.2 Å². The fourth-order valence-corrected chi connectivity index (χ4v) is 1.23. The molecular formula is C9H16ClNO. The highest BCUT2D eigenvalue weighted by molar-refractivity contribution is 6.18. The molecule has 0 radical (unpaired) electrons. The van der Waals surface area contributed by atoms with Crippen molar-refractivity contribution in [2.45, 2.75) is 18.9 Å². The Morgan fingerprint density at radius 2 is 2.25 bits per heavy atom. The quantitative estimate of drug-likeness (QED) is 0.373. The van der Waals surface area contributed by atoms with Crippen LogP contribution >= 0.6 is 11.6 Å². The molecule has 0 saturated heterocycles. The smallest absolute Gasteiger partial charge is 0.0692 e. The zero-order valence-corrected chi connectivity index (χ0v) is 7.93. The molecule has 0 aromatic heterocycles. The second kappa shape index (κ2) is 5.57. The van der Waals surface area contributed by atoms with E-state index in [0.717, 1.165) is 6.54 Å². The van der Waals surface area contributed by atoms with Crippen molar-refractivity contribution in [1.29, 1.82) is 0 Å². The van der Waals surface area contributed by atoms with Crippen molar-refractivity contribution in [2.75, 3.05) is 19.0 Å². The van der Waals surface area contributed by atoms with E-state index >= 15 is 0 Å². The number of hydrogen-bond donors (Lipinski definition) is 2. The zero-order valence-electron chi connectivity index (χ0n) is 7.17. The molecule has 1 atom stereocenters. The Balaban J connectivity index is 1.90. The summed E-state index contributed by atoms with van der Waals surface area (Å²) in [5.74, 6) is 1.13. The number of halogens is 1. The maximum atomic E-state index is 9.43. The Labute approximate surface area is 78.6 Å². The van der Waals surface area contributed by atoms with Gasteiger partial charge in [-0.2, -0.15) is 0 Å². The molecule has 1 aliphatic carbocycles. The third-order valence-corrected chi connectivity index (χ3v) is 2.22. The molecule has 1 unspecified atom stereocenters. The van der Waals surface area contributed by atoms with E-state index in [-0.39, 0.29) is 6.10 Å². The van der Waals surface area contributed by atoms with Crippen LogP contribution in [-0.2, 0) is 0 Å². The van der Waals surface area contributed by atoms with Gasteiger partial charge in [0.2, 0.25) is 0 Å². The molecule has 0 heterocycles. The van der Waals surface area contributed by atoms with Gasteiger partial charge >= 0.3 is 0 Å². The molecule has 0 aliphatic heterocycles. The number of aliphatic hydroxyl groups excluding tert-OH is 1. The zero-order chi connectivity index (χ0) is 8.81. The van der Waals surface area contributed by atoms with Crippen LogP contribution in [0, 0.1) is 5.92 Å². The van der Waals surface area contributed by atoms with Gasteiger partial charge in [-0.15, -0.1) is 11.6 Å². The molecular weight excluding hydrogens is 174 g/mol. The van der Waals surface area contributed by atoms with Gasteiger partial charge in [0.25, 0.3) is 0 Å². The minimum atomic E-state index is -0.144. The van der Waals surface area contributed by atoms with Crippen molar-refractivity contribution >= 4 is 11.6 Å². The first-order chi connectivity index (χ1) is 5.84. The molecule has 2 nitrogen and oxygen atoms in total. The first-order valence-electron chi connectivity index (χ1n) is 4.44. The van der Waals surface area contributed by atoms with Crippen LogP contribution in [0.1, 0.15) is 12.8 Å². The molecule has 1 rings (SSSR count). The van der Waals surface area contributed by atoms with Gasteiger partial charge in [-0.05, 0) is 18.8 Å². The summed E-state index contributed by atoms with van der Waals surface area (Å²) in [5.41, 5.74) is 0. The standard InChI is InChI=1S/C9H16ClNO/c10-5-1-2-6-11-7-9(12)8-3-4-8/h1-2,8-9,11-12H,3-7H2/b2-1+. The molecule has 0 aromatic carbocycles. The molecule has 0 bridgehead atoms. The fourth-order valence-electron chi connectivity index (χ4n) is 1.11. The first-order valence-corrected chi connectivity index (χ1v) is 4.97. The van der Waals surface area contributed by atoms with Gasteiger partial charge < -0.3 is 10.4 Å². The van der Waals surface area contributed by atoms with Crippen LogP contribution in [0.4, 0.5) is 0 Å². The second-order valence-electron chi connectivity index (χ2n) is 3.19. The molecule has 1 fully saturated rings. The average molecular weight is 190 g/mol. The number of allylic oxidation sites excluding steroid dienone is 1. The number of aliphatic hydroxyl groups is 1. The highest BCUT2D eigenvalue weighted by Gasteiger charge is 2.28. The number of nitrogens with one attached hydrogen (secondary N) is 1. The molecule has 12 heavy (non-hydrogen) atoms. The van der Waals surface area contributed by atoms with Gasteiger partial charge in [-0.25, -0.2) is 0 Å². The monoisotopic (exact) mass is 189 g/mol. The molecule has 1 aliphatic rings. The summed E-state index contributed by atoms with van der Waals surface area (Å²) in [6, 6.07) is 0. The maximum Gasteiger partial charge on any atom is 0.0692 e. The van der Waals surface area contributed by atoms with Gasteiger partial charge in [0.15, 0.2) is 0 Å². The third kappa shape index (κ3) is 4.10. The van der Waals surface area contributed by atoms with Crippen molar-refractivity contribution < 1.29 is 5.11 Å². The second-order valence-corrected chi connectivity index (χ2v) is 3.50. The SMILES string of the molecule is OC(CNC/C=C/CCl)C1CC1. The highest BCUT2D eigenvalue weighted by atomic mass is 35.5. The lowest BCUT2D eigenvalue weighted by atomic mass is 10.2. The van der Waals surface area contributed by atoms with Crippen LogP contribution in [0.5, 0.6) is 0 Å². The fraction of sp³-hybridized carbons (Fsp3) is 0.778. The van der Waals surface area contributed by atoms with E-state index in [1.54, 1.807) is 0 Å². The Morgan fingerprint density at radius 1 is 1.50 bits per heavy atom. The van der Waals surface area contributed by atoms with E-state index in [4.69, 9.17) is 11.6 Å². The Hall–Kier alpha value is -0.0500. The van der Waals surface area contributed by atoms with Crippen molar-refractivity contribution in [1.82, 2.24) is 5.32 Å². The van der Waals surface area contributed by atoms with Crippen LogP contribution in [0.2, 0.25) is 0 Å². The Kier molecular flexibility index (Phi) is 4.66. The van der Waals surface area contributed by atoms with Crippen molar-refractivity contribution in [3.8, 4) is 0 Å². The third-order valence-electron chi connectivity index (χ3n) is 2.04. The van der Waals surface area contributed by atoms with Gasteiger partial charge in [-0.1, -0.05) is 12.2 Å². The van der Waals surface area contributed by atoms with Crippen molar-refractivity contribution in [2.24, 2.45) is 5.92 Å². The van der Waals surface area contributed by atoms with E-state index in [2.05, 4.69) is 5.32 Å². The Bertz CT molecular complexity index is 145. The van der Waals surface area contributed by atoms with E-state index in [9.17, 15) is 5.11 Å². The van der Waals surface area contributed by atoms with Crippen LogP contribution in [0.3, 0.4) is 0 Å². The molecule has 0 amide bonds. The topological polar surface area (TPSA) is 32.3 Å². The van der Waals surface area contributed by atoms with Crippen molar-refractivity contribution in [3.63, 3.8) is 0 Å². The van der Waals surface area contributed by atoms with Gasteiger partial charge in [0.1, 0.15) is 0 Å². The van der Waals surface area contributed by atoms with E-state index < -0.39 is 0 Å². The summed E-state index contributed by atoms with van der Waals surface area (Å²) >= 11 is 5.44. The summed E-state index contributed by atoms with van der Waals surface area (Å²) in [5, 5.41) is 12.6. The minimum Gasteiger partial charge on any atom is -0.392 e. The lowest BCUT2D eigenvalue weighted by molar-refractivity contribution is 0.150. The van der Waals surface area contributed by atoms with Gasteiger partial charge in [0.05, 0.1) is 6.10 Å². The normalized spacial score (nSPS) is 20.2. The average Bonchev–Trinajstić information content (AvgIpc) is 2.86. The minimum absolute atomic E-state index is 0.144. The highest BCUT2D eigenvalue weighted by Crippen LogP contribution is 2.32. The summed E-state index contributed by atoms with van der Waals surface area (Å²) in [7, 11) is 0. The summed E-state index contributed by atoms with van der Waals surface area (Å²) in [4.78, 5) is 0. The largest absolute Gasteiger partial charge is 0.392 e. The lowest BCUT2D eigenvalue weighted by Gasteiger charge is -2.08. The lowest BCUT2D eigenvalue weighted by Crippen LogP contribution is -2.28. The molecule has 0 spiro atoms. The van der Waals surface area contributed by atoms with Crippen LogP contribution in [0.15, 0.2) is 12.2 Å². The number of rotatable bonds is 6. The van der Waals surface area contributed by atoms with E-state index in [1.165, 1.54) is 12.8 Å². The predicted molar refractivity (Wildman–Crippen MR) is 51.5 cm³/mol. The summed E-state index contributed by atoms with van der Waals surface area (Å²) in [6.45, 7) is 1.51. The maximum absolute atomic E-state index is 9.43. The molecule has 0 aromatic rings. The van der Waals surface area contributed by atoms with Crippen LogP contribution in [0.25, 0.3) is 0 Å². The number of hydrogen-bond acceptors (Lipinski definition) is 2. The molecule has 1 saturated carbocycles. The van der Waals surface area contributed by atoms with Crippen molar-refractivity contribution in [3.05, 3.63) is 12.2 Å².